The summed E-state index contributed by atoms with van der Waals surface area (Å²) < 4.78 is 0. The van der Waals surface area contributed by atoms with Crippen molar-refractivity contribution < 1.29 is 14.7 Å². The first-order valence-corrected chi connectivity index (χ1v) is 6.81. The average molecular weight is 277 g/mol. The van der Waals surface area contributed by atoms with E-state index in [0.717, 1.165) is 5.56 Å². The van der Waals surface area contributed by atoms with Crippen LogP contribution in [0.2, 0.25) is 0 Å². The molecule has 1 atom stereocenters. The number of hydrogen-bond acceptors (Lipinski definition) is 2. The van der Waals surface area contributed by atoms with Crippen LogP contribution in [-0.2, 0) is 16.0 Å². The number of carbonyl (C=O) groups excluding carboxylic acids is 1. The van der Waals surface area contributed by atoms with Gasteiger partial charge in [0, 0.05) is 6.54 Å². The van der Waals surface area contributed by atoms with Crippen LogP contribution in [0.3, 0.4) is 0 Å². The third kappa shape index (κ3) is 6.36. The summed E-state index contributed by atoms with van der Waals surface area (Å²) in [6.45, 7) is 6.16. The second kappa shape index (κ2) is 7.08. The van der Waals surface area contributed by atoms with Gasteiger partial charge in [0.05, 0.1) is 12.3 Å². The molecule has 2 N–H and O–H groups in total. The van der Waals surface area contributed by atoms with Crippen LogP contribution in [0.15, 0.2) is 30.3 Å². The SMILES string of the molecule is CC(C)(C)CC(CNC(=O)Cc1ccccc1)C(=O)O. The molecule has 0 aliphatic heterocycles. The smallest absolute Gasteiger partial charge is 0.308 e. The topological polar surface area (TPSA) is 66.4 Å². The first kappa shape index (κ1) is 16.2. The predicted molar refractivity (Wildman–Crippen MR) is 78.4 cm³/mol. The molecule has 0 saturated heterocycles. The Kier molecular flexibility index (Phi) is 5.74. The molecule has 0 bridgehead atoms. The normalized spacial score (nSPS) is 12.8. The van der Waals surface area contributed by atoms with Crippen molar-refractivity contribution in [2.24, 2.45) is 11.3 Å². The number of aliphatic carboxylic acids is 1. The standard InChI is InChI=1S/C16H23NO3/c1-16(2,3)10-13(15(19)20)11-17-14(18)9-12-7-5-4-6-8-12/h4-8,13H,9-11H2,1-3H3,(H,17,18)(H,19,20). The Hall–Kier alpha value is -1.84. The molecule has 4 heteroatoms. The number of rotatable bonds is 6. The zero-order valence-corrected chi connectivity index (χ0v) is 12.3. The van der Waals surface area contributed by atoms with Gasteiger partial charge in [0.15, 0.2) is 0 Å². The average Bonchev–Trinajstić information content (AvgIpc) is 2.34. The molecule has 0 fully saturated rings. The molecule has 20 heavy (non-hydrogen) atoms. The second-order valence-electron chi connectivity index (χ2n) is 6.27. The molecule has 0 aromatic heterocycles. The van der Waals surface area contributed by atoms with Gasteiger partial charge in [-0.3, -0.25) is 9.59 Å². The van der Waals surface area contributed by atoms with E-state index in [-0.39, 0.29) is 24.3 Å². The lowest BCUT2D eigenvalue weighted by molar-refractivity contribution is -0.142. The van der Waals surface area contributed by atoms with Crippen LogP contribution in [0.4, 0.5) is 0 Å². The van der Waals surface area contributed by atoms with E-state index < -0.39 is 11.9 Å². The number of nitrogens with one attached hydrogen (secondary N) is 1. The van der Waals surface area contributed by atoms with Gasteiger partial charge >= 0.3 is 5.97 Å². The molecule has 0 spiro atoms. The first-order valence-electron chi connectivity index (χ1n) is 6.81. The highest BCUT2D eigenvalue weighted by Gasteiger charge is 2.24. The fraction of sp³-hybridized carbons (Fsp3) is 0.500. The summed E-state index contributed by atoms with van der Waals surface area (Å²) in [4.78, 5) is 23.0. The van der Waals surface area contributed by atoms with Gasteiger partial charge in [0.25, 0.3) is 0 Å². The molecule has 1 aromatic rings. The summed E-state index contributed by atoms with van der Waals surface area (Å²) in [6.07, 6.45) is 0.816. The van der Waals surface area contributed by atoms with Crippen LogP contribution >= 0.6 is 0 Å². The molecule has 1 rings (SSSR count). The van der Waals surface area contributed by atoms with Crippen LogP contribution in [0.1, 0.15) is 32.8 Å². The van der Waals surface area contributed by atoms with E-state index in [1.807, 2.05) is 51.1 Å². The van der Waals surface area contributed by atoms with E-state index in [1.54, 1.807) is 0 Å². The molecule has 110 valence electrons. The molecular formula is C16H23NO3. The Balaban J connectivity index is 2.47. The van der Waals surface area contributed by atoms with Gasteiger partial charge in [-0.2, -0.15) is 0 Å². The van der Waals surface area contributed by atoms with E-state index >= 15 is 0 Å². The Morgan fingerprint density at radius 3 is 2.30 bits per heavy atom. The van der Waals surface area contributed by atoms with Crippen molar-refractivity contribution in [2.45, 2.75) is 33.6 Å². The minimum atomic E-state index is -0.861. The quantitative estimate of drug-likeness (QED) is 0.839. The van der Waals surface area contributed by atoms with Gasteiger partial charge in [-0.15, -0.1) is 0 Å². The third-order valence-electron chi connectivity index (χ3n) is 2.96. The summed E-state index contributed by atoms with van der Waals surface area (Å²) in [7, 11) is 0. The Morgan fingerprint density at radius 2 is 1.80 bits per heavy atom. The Morgan fingerprint density at radius 1 is 1.20 bits per heavy atom. The minimum Gasteiger partial charge on any atom is -0.481 e. The van der Waals surface area contributed by atoms with Crippen LogP contribution in [0.5, 0.6) is 0 Å². The molecule has 4 nitrogen and oxygen atoms in total. The summed E-state index contributed by atoms with van der Waals surface area (Å²) in [5.41, 5.74) is 0.848. The number of amides is 1. The van der Waals surface area contributed by atoms with Crippen LogP contribution < -0.4 is 5.32 Å². The van der Waals surface area contributed by atoms with E-state index in [0.29, 0.717) is 6.42 Å². The largest absolute Gasteiger partial charge is 0.481 e. The van der Waals surface area contributed by atoms with E-state index in [1.165, 1.54) is 0 Å². The number of carboxylic acid groups (broad SMARTS) is 1. The fourth-order valence-corrected chi connectivity index (χ4v) is 2.07. The molecule has 0 aliphatic rings. The maximum Gasteiger partial charge on any atom is 0.308 e. The molecule has 1 unspecified atom stereocenters. The lowest BCUT2D eigenvalue weighted by Gasteiger charge is -2.23. The van der Waals surface area contributed by atoms with Crippen molar-refractivity contribution in [3.05, 3.63) is 35.9 Å². The highest BCUT2D eigenvalue weighted by molar-refractivity contribution is 5.79. The highest BCUT2D eigenvalue weighted by atomic mass is 16.4. The van der Waals surface area contributed by atoms with Gasteiger partial charge < -0.3 is 10.4 Å². The summed E-state index contributed by atoms with van der Waals surface area (Å²) in [5.74, 6) is -1.55. The van der Waals surface area contributed by atoms with Crippen molar-refractivity contribution in [3.63, 3.8) is 0 Å². The number of hydrogen-bond donors (Lipinski definition) is 2. The van der Waals surface area contributed by atoms with Crippen molar-refractivity contribution in [3.8, 4) is 0 Å². The van der Waals surface area contributed by atoms with Gasteiger partial charge in [-0.1, -0.05) is 51.1 Å². The molecule has 0 radical (unpaired) electrons. The summed E-state index contributed by atoms with van der Waals surface area (Å²) in [6, 6.07) is 9.41. The number of benzene rings is 1. The maximum absolute atomic E-state index is 11.8. The molecule has 1 aromatic carbocycles. The molecule has 0 saturated carbocycles. The van der Waals surface area contributed by atoms with Gasteiger partial charge in [0.1, 0.15) is 0 Å². The molecular weight excluding hydrogens is 254 g/mol. The van der Waals surface area contributed by atoms with Crippen LogP contribution in [0, 0.1) is 11.3 Å². The van der Waals surface area contributed by atoms with E-state index in [4.69, 9.17) is 0 Å². The lowest BCUT2D eigenvalue weighted by atomic mass is 9.84. The van der Waals surface area contributed by atoms with Gasteiger partial charge in [0.2, 0.25) is 5.91 Å². The Bertz CT molecular complexity index is 449. The number of carbonyl (C=O) groups is 2. The minimum absolute atomic E-state index is 0.0762. The van der Waals surface area contributed by atoms with Crippen molar-refractivity contribution in [1.82, 2.24) is 5.32 Å². The summed E-state index contributed by atoms with van der Waals surface area (Å²) in [5, 5.41) is 11.9. The third-order valence-corrected chi connectivity index (χ3v) is 2.96. The predicted octanol–water partition coefficient (Wildman–Crippen LogP) is 2.48. The van der Waals surface area contributed by atoms with Gasteiger partial charge in [-0.25, -0.2) is 0 Å². The summed E-state index contributed by atoms with van der Waals surface area (Å²) >= 11 is 0. The van der Waals surface area contributed by atoms with Crippen molar-refractivity contribution in [1.29, 1.82) is 0 Å². The molecule has 0 heterocycles. The second-order valence-corrected chi connectivity index (χ2v) is 6.27. The van der Waals surface area contributed by atoms with Crippen molar-refractivity contribution in [2.75, 3.05) is 6.54 Å². The van der Waals surface area contributed by atoms with Gasteiger partial charge in [-0.05, 0) is 17.4 Å². The number of carboxylic acids is 1. The lowest BCUT2D eigenvalue weighted by Crippen LogP contribution is -2.35. The van der Waals surface area contributed by atoms with Crippen LogP contribution in [-0.4, -0.2) is 23.5 Å². The van der Waals surface area contributed by atoms with Crippen LogP contribution in [0.25, 0.3) is 0 Å². The van der Waals surface area contributed by atoms with E-state index in [9.17, 15) is 14.7 Å². The monoisotopic (exact) mass is 277 g/mol. The molecule has 1 amide bonds. The molecule has 0 aliphatic carbocycles. The van der Waals surface area contributed by atoms with Crippen molar-refractivity contribution >= 4 is 11.9 Å². The van der Waals surface area contributed by atoms with E-state index in [2.05, 4.69) is 5.32 Å². The zero-order valence-electron chi connectivity index (χ0n) is 12.3. The fourth-order valence-electron chi connectivity index (χ4n) is 2.07. The Labute approximate surface area is 120 Å². The first-order chi connectivity index (χ1) is 9.28. The maximum atomic E-state index is 11.8. The zero-order chi connectivity index (χ0) is 15.2. The highest BCUT2D eigenvalue weighted by Crippen LogP contribution is 2.24.